The molecule has 1 aromatic rings. The molecule has 3 nitrogen and oxygen atoms in total. The minimum Gasteiger partial charge on any atom is -0.388 e. The lowest BCUT2D eigenvalue weighted by Crippen LogP contribution is -2.39. The Hall–Kier alpha value is -1.51. The number of carbonyl (C=O) groups is 1. The molecule has 1 aliphatic carbocycles. The van der Waals surface area contributed by atoms with E-state index in [-0.39, 0.29) is 5.91 Å². The van der Waals surface area contributed by atoms with Gasteiger partial charge in [0.25, 0.3) is 5.91 Å². The number of benzene rings is 1. The zero-order valence-electron chi connectivity index (χ0n) is 12.9. The van der Waals surface area contributed by atoms with Crippen LogP contribution in [0.25, 0.3) is 0 Å². The van der Waals surface area contributed by atoms with Gasteiger partial charge in [0.2, 0.25) is 0 Å². The number of amides is 1. The predicted octanol–water partition coefficient (Wildman–Crippen LogP) is 3.77. The standard InChI is InChI=1S/C17H26N2O/c1-4-13-5-11-16(12-6-13)19(3)17(20)14-7-9-15(18-2)10-8-14/h7-10,13,16,18H,4-6,11-12H2,1-3H3. The fourth-order valence-corrected chi connectivity index (χ4v) is 3.09. The third-order valence-electron chi connectivity index (χ3n) is 4.68. The molecule has 0 spiro atoms. The minimum atomic E-state index is 0.146. The number of nitrogens with zero attached hydrogens (tertiary/aromatic N) is 1. The second-order valence-corrected chi connectivity index (χ2v) is 5.83. The van der Waals surface area contributed by atoms with Crippen molar-refractivity contribution in [3.05, 3.63) is 29.8 Å². The van der Waals surface area contributed by atoms with Gasteiger partial charge in [0.1, 0.15) is 0 Å². The molecule has 0 aromatic heterocycles. The molecule has 1 aromatic carbocycles. The van der Waals surface area contributed by atoms with Gasteiger partial charge >= 0.3 is 0 Å². The van der Waals surface area contributed by atoms with Crippen LogP contribution in [0.5, 0.6) is 0 Å². The first kappa shape index (κ1) is 14.9. The van der Waals surface area contributed by atoms with E-state index in [2.05, 4.69) is 12.2 Å². The van der Waals surface area contributed by atoms with Crippen molar-refractivity contribution < 1.29 is 4.79 Å². The van der Waals surface area contributed by atoms with E-state index in [4.69, 9.17) is 0 Å². The van der Waals surface area contributed by atoms with Crippen LogP contribution in [-0.4, -0.2) is 30.9 Å². The van der Waals surface area contributed by atoms with Crippen molar-refractivity contribution in [2.75, 3.05) is 19.4 Å². The van der Waals surface area contributed by atoms with E-state index in [0.717, 1.165) is 30.0 Å². The minimum absolute atomic E-state index is 0.146. The maximum atomic E-state index is 12.5. The Morgan fingerprint density at radius 3 is 2.30 bits per heavy atom. The lowest BCUT2D eigenvalue weighted by atomic mass is 9.84. The Morgan fingerprint density at radius 1 is 1.20 bits per heavy atom. The highest BCUT2D eigenvalue weighted by Crippen LogP contribution is 2.29. The second kappa shape index (κ2) is 6.78. The molecule has 0 bridgehead atoms. The van der Waals surface area contributed by atoms with Crippen molar-refractivity contribution in [3.63, 3.8) is 0 Å². The molecule has 0 atom stereocenters. The molecular weight excluding hydrogens is 248 g/mol. The lowest BCUT2D eigenvalue weighted by molar-refractivity contribution is 0.0674. The van der Waals surface area contributed by atoms with Crippen molar-refractivity contribution >= 4 is 11.6 Å². The van der Waals surface area contributed by atoms with Crippen LogP contribution < -0.4 is 5.32 Å². The first-order chi connectivity index (χ1) is 9.65. The van der Waals surface area contributed by atoms with Crippen LogP contribution in [-0.2, 0) is 0 Å². The number of hydrogen-bond acceptors (Lipinski definition) is 2. The molecular formula is C17H26N2O. The molecule has 1 aliphatic rings. The van der Waals surface area contributed by atoms with Crippen LogP contribution in [0.15, 0.2) is 24.3 Å². The Bertz CT molecular complexity index is 433. The van der Waals surface area contributed by atoms with Crippen LogP contribution in [0, 0.1) is 5.92 Å². The van der Waals surface area contributed by atoms with Gasteiger partial charge in [-0.15, -0.1) is 0 Å². The molecule has 20 heavy (non-hydrogen) atoms. The molecule has 1 fully saturated rings. The molecule has 110 valence electrons. The number of hydrogen-bond donors (Lipinski definition) is 1. The normalized spacial score (nSPS) is 22.4. The monoisotopic (exact) mass is 274 g/mol. The Balaban J connectivity index is 1.97. The highest BCUT2D eigenvalue weighted by Gasteiger charge is 2.26. The van der Waals surface area contributed by atoms with E-state index in [1.54, 1.807) is 0 Å². The van der Waals surface area contributed by atoms with Crippen LogP contribution in [0.2, 0.25) is 0 Å². The average molecular weight is 274 g/mol. The summed E-state index contributed by atoms with van der Waals surface area (Å²) in [6.07, 6.45) is 6.09. The van der Waals surface area contributed by atoms with Gasteiger partial charge in [0, 0.05) is 31.4 Å². The van der Waals surface area contributed by atoms with Gasteiger partial charge < -0.3 is 10.2 Å². The van der Waals surface area contributed by atoms with Crippen LogP contribution in [0.3, 0.4) is 0 Å². The summed E-state index contributed by atoms with van der Waals surface area (Å²) in [6.45, 7) is 2.27. The summed E-state index contributed by atoms with van der Waals surface area (Å²) in [5.41, 5.74) is 1.82. The topological polar surface area (TPSA) is 32.3 Å². The highest BCUT2D eigenvalue weighted by molar-refractivity contribution is 5.94. The highest BCUT2D eigenvalue weighted by atomic mass is 16.2. The quantitative estimate of drug-likeness (QED) is 0.906. The SMILES string of the molecule is CCC1CCC(N(C)C(=O)c2ccc(NC)cc2)CC1. The van der Waals surface area contributed by atoms with Crippen LogP contribution >= 0.6 is 0 Å². The summed E-state index contributed by atoms with van der Waals surface area (Å²) in [7, 11) is 3.83. The van der Waals surface area contributed by atoms with Gasteiger partial charge in [0.15, 0.2) is 0 Å². The Kier molecular flexibility index (Phi) is 5.05. The molecule has 1 N–H and O–H groups in total. The van der Waals surface area contributed by atoms with Gasteiger partial charge in [-0.2, -0.15) is 0 Å². The fourth-order valence-electron chi connectivity index (χ4n) is 3.09. The first-order valence-corrected chi connectivity index (χ1v) is 7.70. The zero-order valence-corrected chi connectivity index (χ0v) is 12.9. The number of anilines is 1. The first-order valence-electron chi connectivity index (χ1n) is 7.70. The summed E-state index contributed by atoms with van der Waals surface area (Å²) < 4.78 is 0. The van der Waals surface area contributed by atoms with E-state index >= 15 is 0 Å². The van der Waals surface area contributed by atoms with E-state index < -0.39 is 0 Å². The van der Waals surface area contributed by atoms with Crippen molar-refractivity contribution in [3.8, 4) is 0 Å². The summed E-state index contributed by atoms with van der Waals surface area (Å²) >= 11 is 0. The average Bonchev–Trinajstić information content (AvgIpc) is 2.53. The van der Waals surface area contributed by atoms with Gasteiger partial charge in [-0.1, -0.05) is 13.3 Å². The molecule has 3 heteroatoms. The van der Waals surface area contributed by atoms with Gasteiger partial charge in [-0.25, -0.2) is 0 Å². The van der Waals surface area contributed by atoms with Crippen molar-refractivity contribution in [1.82, 2.24) is 4.90 Å². The molecule has 0 saturated heterocycles. The maximum Gasteiger partial charge on any atom is 0.253 e. The summed E-state index contributed by atoms with van der Waals surface area (Å²) in [5, 5.41) is 3.07. The van der Waals surface area contributed by atoms with Gasteiger partial charge in [-0.3, -0.25) is 4.79 Å². The summed E-state index contributed by atoms with van der Waals surface area (Å²) in [4.78, 5) is 14.4. The molecule has 0 radical (unpaired) electrons. The molecule has 0 heterocycles. The van der Waals surface area contributed by atoms with Gasteiger partial charge in [0.05, 0.1) is 0 Å². The number of carbonyl (C=O) groups excluding carboxylic acids is 1. The third kappa shape index (κ3) is 3.33. The number of nitrogens with one attached hydrogen (secondary N) is 1. The summed E-state index contributed by atoms with van der Waals surface area (Å²) in [6, 6.07) is 8.13. The summed E-state index contributed by atoms with van der Waals surface area (Å²) in [5.74, 6) is 1.01. The Labute approximate surface area is 122 Å². The van der Waals surface area contributed by atoms with Crippen molar-refractivity contribution in [2.45, 2.75) is 45.1 Å². The van der Waals surface area contributed by atoms with Gasteiger partial charge in [-0.05, 0) is 55.9 Å². The van der Waals surface area contributed by atoms with Crippen LogP contribution in [0.4, 0.5) is 5.69 Å². The molecule has 1 saturated carbocycles. The third-order valence-corrected chi connectivity index (χ3v) is 4.68. The zero-order chi connectivity index (χ0) is 14.5. The van der Waals surface area contributed by atoms with E-state index in [9.17, 15) is 4.79 Å². The molecule has 2 rings (SSSR count). The largest absolute Gasteiger partial charge is 0.388 e. The van der Waals surface area contributed by atoms with Crippen molar-refractivity contribution in [2.24, 2.45) is 5.92 Å². The number of rotatable bonds is 4. The predicted molar refractivity (Wildman–Crippen MR) is 84.1 cm³/mol. The van der Waals surface area contributed by atoms with Crippen LogP contribution in [0.1, 0.15) is 49.4 Å². The molecule has 1 amide bonds. The van der Waals surface area contributed by atoms with E-state index in [1.807, 2.05) is 43.3 Å². The fraction of sp³-hybridized carbons (Fsp3) is 0.588. The smallest absolute Gasteiger partial charge is 0.253 e. The van der Waals surface area contributed by atoms with E-state index in [0.29, 0.717) is 6.04 Å². The van der Waals surface area contributed by atoms with Crippen molar-refractivity contribution in [1.29, 1.82) is 0 Å². The maximum absolute atomic E-state index is 12.5. The molecule has 0 aliphatic heterocycles. The van der Waals surface area contributed by atoms with E-state index in [1.165, 1.54) is 19.3 Å². The molecule has 0 unspecified atom stereocenters. The second-order valence-electron chi connectivity index (χ2n) is 5.83. The Morgan fingerprint density at radius 2 is 1.80 bits per heavy atom. The lowest BCUT2D eigenvalue weighted by Gasteiger charge is -2.34.